The molecule has 6 heteroatoms. The lowest BCUT2D eigenvalue weighted by Gasteiger charge is -2.21. The molecule has 0 heterocycles. The molecular formula is C24H28O6. The number of phenols is 2. The topological polar surface area (TPSA) is 93.1 Å². The number of ether oxygens (including phenoxy) is 2. The fourth-order valence-electron chi connectivity index (χ4n) is 3.16. The van der Waals surface area contributed by atoms with Gasteiger partial charge >= 0.3 is 11.9 Å². The summed E-state index contributed by atoms with van der Waals surface area (Å²) in [4.78, 5) is 24.3. The van der Waals surface area contributed by atoms with Crippen molar-refractivity contribution in [2.75, 3.05) is 0 Å². The Morgan fingerprint density at radius 2 is 1.47 bits per heavy atom. The molecule has 0 spiro atoms. The van der Waals surface area contributed by atoms with Crippen LogP contribution in [0.25, 0.3) is 11.8 Å². The number of benzene rings is 2. The van der Waals surface area contributed by atoms with E-state index in [1.807, 2.05) is 44.2 Å². The molecule has 0 amide bonds. The molecule has 2 N–H and O–H groups in total. The molecule has 0 atom stereocenters. The number of rotatable bonds is 8. The number of phenolic OH excluding ortho intramolecular Hbond substituents is 2. The van der Waals surface area contributed by atoms with Crippen LogP contribution in [-0.2, 0) is 27.2 Å². The van der Waals surface area contributed by atoms with Gasteiger partial charge in [-0.25, -0.2) is 0 Å². The highest BCUT2D eigenvalue weighted by Crippen LogP contribution is 2.48. The quantitative estimate of drug-likeness (QED) is 0.209. The minimum absolute atomic E-state index is 0.0725. The number of hydrogen-bond donors (Lipinski definition) is 2. The average molecular weight is 412 g/mol. The van der Waals surface area contributed by atoms with Crippen LogP contribution in [0.2, 0.25) is 0 Å². The average Bonchev–Trinajstić information content (AvgIpc) is 2.76. The molecule has 0 aliphatic carbocycles. The van der Waals surface area contributed by atoms with Crippen LogP contribution in [0.4, 0.5) is 0 Å². The third kappa shape index (κ3) is 5.00. The van der Waals surface area contributed by atoms with Crippen molar-refractivity contribution in [2.24, 2.45) is 0 Å². The molecule has 0 fully saturated rings. The van der Waals surface area contributed by atoms with Crippen LogP contribution in [-0.4, -0.2) is 22.2 Å². The Balaban J connectivity index is 2.88. The Morgan fingerprint density at radius 1 is 0.867 bits per heavy atom. The van der Waals surface area contributed by atoms with Gasteiger partial charge in [0.2, 0.25) is 5.75 Å². The van der Waals surface area contributed by atoms with E-state index in [9.17, 15) is 19.8 Å². The van der Waals surface area contributed by atoms with E-state index in [0.29, 0.717) is 24.0 Å². The van der Waals surface area contributed by atoms with Crippen molar-refractivity contribution in [3.8, 4) is 17.2 Å². The zero-order valence-electron chi connectivity index (χ0n) is 17.8. The summed E-state index contributed by atoms with van der Waals surface area (Å²) in [5.74, 6) is -2.01. The summed E-state index contributed by atoms with van der Waals surface area (Å²) in [5, 5.41) is 21.2. The van der Waals surface area contributed by atoms with Crippen LogP contribution < -0.4 is 4.74 Å². The van der Waals surface area contributed by atoms with Crippen LogP contribution in [0.15, 0.2) is 30.3 Å². The molecule has 6 nitrogen and oxygen atoms in total. The first-order chi connectivity index (χ1) is 14.4. The van der Waals surface area contributed by atoms with E-state index >= 15 is 0 Å². The van der Waals surface area contributed by atoms with Crippen molar-refractivity contribution in [1.29, 1.82) is 0 Å². The van der Waals surface area contributed by atoms with Gasteiger partial charge in [-0.05, 0) is 30.0 Å². The third-order valence-electron chi connectivity index (χ3n) is 4.69. The van der Waals surface area contributed by atoms with Crippen LogP contribution in [0.1, 0.15) is 62.8 Å². The van der Waals surface area contributed by atoms with Gasteiger partial charge in [0, 0.05) is 18.4 Å². The molecule has 2 rings (SSSR count). The summed E-state index contributed by atoms with van der Waals surface area (Å²) in [6, 6.07) is 9.22. The van der Waals surface area contributed by atoms with E-state index in [2.05, 4.69) is 0 Å². The molecule has 0 unspecified atom stereocenters. The van der Waals surface area contributed by atoms with Crippen molar-refractivity contribution in [3.63, 3.8) is 0 Å². The second kappa shape index (κ2) is 10.5. The molecule has 0 saturated heterocycles. The SMILES string of the molecule is CCC(=O)O/C(=C\c1ccccc1)c1c(CC)c(CC)c(O)c(O)c1OC(=O)CC. The summed E-state index contributed by atoms with van der Waals surface area (Å²) in [6.45, 7) is 7.01. The summed E-state index contributed by atoms with van der Waals surface area (Å²) in [7, 11) is 0. The Hall–Kier alpha value is -3.28. The van der Waals surface area contributed by atoms with Gasteiger partial charge in [-0.1, -0.05) is 58.0 Å². The van der Waals surface area contributed by atoms with Crippen molar-refractivity contribution >= 4 is 23.8 Å². The molecule has 0 aromatic heterocycles. The lowest BCUT2D eigenvalue weighted by atomic mass is 9.92. The largest absolute Gasteiger partial charge is 0.504 e. The van der Waals surface area contributed by atoms with Gasteiger partial charge < -0.3 is 19.7 Å². The molecule has 0 aliphatic rings. The minimum Gasteiger partial charge on any atom is -0.504 e. The van der Waals surface area contributed by atoms with Gasteiger partial charge in [0.1, 0.15) is 5.76 Å². The Kier molecular flexibility index (Phi) is 8.04. The minimum atomic E-state index is -0.585. The fraction of sp³-hybridized carbons (Fsp3) is 0.333. The summed E-state index contributed by atoms with van der Waals surface area (Å²) in [5.41, 5.74) is 2.19. The number of hydrogen-bond acceptors (Lipinski definition) is 6. The lowest BCUT2D eigenvalue weighted by Crippen LogP contribution is -2.12. The predicted molar refractivity (Wildman–Crippen MR) is 115 cm³/mol. The number of esters is 2. The molecule has 0 aliphatic heterocycles. The standard InChI is InChI=1S/C24H28O6/c1-5-16-17(6-2)22(27)23(28)24(30-20(26)8-4)21(16)18(29-19(25)7-3)14-15-12-10-9-11-13-15/h9-14,27-28H,5-8H2,1-4H3/b18-14-. The monoisotopic (exact) mass is 412 g/mol. The van der Waals surface area contributed by atoms with Gasteiger partial charge in [-0.2, -0.15) is 0 Å². The number of carbonyl (C=O) groups is 2. The van der Waals surface area contributed by atoms with Crippen LogP contribution in [0.5, 0.6) is 17.2 Å². The fourth-order valence-corrected chi connectivity index (χ4v) is 3.16. The maximum absolute atomic E-state index is 12.2. The highest BCUT2D eigenvalue weighted by atomic mass is 16.6. The van der Waals surface area contributed by atoms with Gasteiger partial charge in [-0.15, -0.1) is 0 Å². The van der Waals surface area contributed by atoms with E-state index in [1.54, 1.807) is 19.9 Å². The van der Waals surface area contributed by atoms with Gasteiger partial charge in [-0.3, -0.25) is 9.59 Å². The van der Waals surface area contributed by atoms with Crippen LogP contribution in [0, 0.1) is 0 Å². The lowest BCUT2D eigenvalue weighted by molar-refractivity contribution is -0.136. The van der Waals surface area contributed by atoms with Crippen LogP contribution in [0.3, 0.4) is 0 Å². The van der Waals surface area contributed by atoms with E-state index in [0.717, 1.165) is 5.56 Å². The maximum atomic E-state index is 12.2. The van der Waals surface area contributed by atoms with Crippen LogP contribution >= 0.6 is 0 Å². The van der Waals surface area contributed by atoms with Crippen molar-refractivity contribution < 1.29 is 29.3 Å². The second-order valence-electron chi connectivity index (χ2n) is 6.64. The Morgan fingerprint density at radius 3 is 2.00 bits per heavy atom. The molecule has 30 heavy (non-hydrogen) atoms. The predicted octanol–water partition coefficient (Wildman–Crippen LogP) is 4.99. The smallest absolute Gasteiger partial charge is 0.311 e. The first kappa shape index (κ1) is 23.0. The van der Waals surface area contributed by atoms with E-state index in [-0.39, 0.29) is 35.7 Å². The Bertz CT molecular complexity index is 944. The third-order valence-corrected chi connectivity index (χ3v) is 4.69. The second-order valence-corrected chi connectivity index (χ2v) is 6.64. The first-order valence-electron chi connectivity index (χ1n) is 10.2. The van der Waals surface area contributed by atoms with Crippen molar-refractivity contribution in [3.05, 3.63) is 52.6 Å². The molecule has 2 aromatic rings. The summed E-state index contributed by atoms with van der Waals surface area (Å²) < 4.78 is 11.0. The number of aromatic hydroxyl groups is 2. The van der Waals surface area contributed by atoms with Crippen molar-refractivity contribution in [2.45, 2.75) is 53.4 Å². The van der Waals surface area contributed by atoms with E-state index < -0.39 is 17.7 Å². The zero-order chi connectivity index (χ0) is 22.3. The van der Waals surface area contributed by atoms with Gasteiger partial charge in [0.15, 0.2) is 11.5 Å². The zero-order valence-corrected chi connectivity index (χ0v) is 17.8. The molecule has 0 saturated carbocycles. The van der Waals surface area contributed by atoms with E-state index in [1.165, 1.54) is 0 Å². The first-order valence-corrected chi connectivity index (χ1v) is 10.2. The highest BCUT2D eigenvalue weighted by molar-refractivity contribution is 5.91. The highest BCUT2D eigenvalue weighted by Gasteiger charge is 2.28. The van der Waals surface area contributed by atoms with Crippen molar-refractivity contribution in [1.82, 2.24) is 0 Å². The molecule has 160 valence electrons. The molecule has 0 bridgehead atoms. The Labute approximate surface area is 176 Å². The van der Waals surface area contributed by atoms with E-state index in [4.69, 9.17) is 9.47 Å². The maximum Gasteiger partial charge on any atom is 0.311 e. The summed E-state index contributed by atoms with van der Waals surface area (Å²) in [6.07, 6.45) is 2.75. The normalized spacial score (nSPS) is 11.3. The van der Waals surface area contributed by atoms with Gasteiger partial charge in [0.25, 0.3) is 0 Å². The summed E-state index contributed by atoms with van der Waals surface area (Å²) >= 11 is 0. The van der Waals surface area contributed by atoms with Gasteiger partial charge in [0.05, 0.1) is 5.56 Å². The molecule has 0 radical (unpaired) electrons. The molecule has 2 aromatic carbocycles. The molecular weight excluding hydrogens is 384 g/mol. The number of carbonyl (C=O) groups excluding carboxylic acids is 2.